The number of alkyl halides is 6. The normalized spacial score (nSPS) is 12.3. The van der Waals surface area contributed by atoms with Gasteiger partial charge in [-0.15, -0.1) is 0 Å². The SMILES string of the molecule is O=C(O)c1ccc(I(OC(=O)C(F)(F)F)OC(=O)C(F)(F)F)cc1. The Morgan fingerprint density at radius 3 is 1.50 bits per heavy atom. The molecule has 13 heteroatoms. The zero-order chi connectivity index (χ0) is 18.7. The number of carbonyl (C=O) groups is 3. The number of carboxylic acid groups (broad SMARTS) is 1. The van der Waals surface area contributed by atoms with Crippen LogP contribution in [-0.2, 0) is 15.7 Å². The molecule has 0 bridgehead atoms. The van der Waals surface area contributed by atoms with Crippen molar-refractivity contribution in [3.63, 3.8) is 0 Å². The number of aromatic carboxylic acids is 1. The van der Waals surface area contributed by atoms with Gasteiger partial charge in [-0.1, -0.05) is 0 Å². The van der Waals surface area contributed by atoms with Crippen LogP contribution in [0, 0.1) is 3.57 Å². The molecule has 0 aromatic heterocycles. The fourth-order valence-electron chi connectivity index (χ4n) is 1.01. The van der Waals surface area contributed by atoms with Gasteiger partial charge in [-0.2, -0.15) is 0 Å². The number of hydrogen-bond acceptors (Lipinski definition) is 5. The van der Waals surface area contributed by atoms with Crippen LogP contribution in [0.25, 0.3) is 0 Å². The van der Waals surface area contributed by atoms with E-state index in [1.807, 2.05) is 0 Å². The summed E-state index contributed by atoms with van der Waals surface area (Å²) in [6.45, 7) is 0. The van der Waals surface area contributed by atoms with Gasteiger partial charge in [-0.25, -0.2) is 0 Å². The summed E-state index contributed by atoms with van der Waals surface area (Å²) in [6, 6.07) is 3.26. The van der Waals surface area contributed by atoms with Crippen LogP contribution in [0.2, 0.25) is 0 Å². The average Bonchev–Trinajstić information content (AvgIpc) is 2.44. The molecule has 0 heterocycles. The molecule has 1 N–H and O–H groups in total. The second-order valence-corrected chi connectivity index (χ2v) is 7.12. The first kappa shape index (κ1) is 20.0. The monoisotopic (exact) mass is 474 g/mol. The molecule has 134 valence electrons. The first-order valence-electron chi connectivity index (χ1n) is 5.45. The molecule has 1 aromatic rings. The molecule has 6 nitrogen and oxygen atoms in total. The van der Waals surface area contributed by atoms with Crippen LogP contribution in [0.3, 0.4) is 0 Å². The second-order valence-electron chi connectivity index (χ2n) is 3.75. The molecule has 0 aliphatic carbocycles. The molecule has 0 radical (unpaired) electrons. The topological polar surface area (TPSA) is 89.9 Å². The maximum absolute atomic E-state index is 12.2. The van der Waals surface area contributed by atoms with Gasteiger partial charge in [0.1, 0.15) is 0 Å². The van der Waals surface area contributed by atoms with E-state index in [0.717, 1.165) is 24.3 Å². The van der Waals surface area contributed by atoms with Crippen LogP contribution in [-0.4, -0.2) is 35.4 Å². The van der Waals surface area contributed by atoms with Crippen molar-refractivity contribution in [3.05, 3.63) is 33.4 Å². The quantitative estimate of drug-likeness (QED) is 0.533. The number of halogens is 7. The van der Waals surface area contributed by atoms with E-state index < -0.39 is 54.5 Å². The Morgan fingerprint density at radius 2 is 1.21 bits per heavy atom. The van der Waals surface area contributed by atoms with Gasteiger partial charge < -0.3 is 0 Å². The number of carboxylic acids is 1. The fraction of sp³-hybridized carbons (Fsp3) is 0.182. The standard InChI is InChI=1S/C11H5F6IO6/c12-10(13,14)8(21)23-18(24-9(22)11(15,16)17)6-3-1-5(2-4-6)7(19)20/h1-4H,(H,19,20). The van der Waals surface area contributed by atoms with E-state index in [4.69, 9.17) is 5.11 Å². The Morgan fingerprint density at radius 1 is 0.833 bits per heavy atom. The third kappa shape index (κ3) is 5.54. The van der Waals surface area contributed by atoms with Crippen LogP contribution in [0.1, 0.15) is 10.4 Å². The zero-order valence-corrected chi connectivity index (χ0v) is 13.1. The molecule has 0 aliphatic heterocycles. The van der Waals surface area contributed by atoms with Crippen molar-refractivity contribution < 1.29 is 52.0 Å². The van der Waals surface area contributed by atoms with Gasteiger partial charge in [-0.3, -0.25) is 0 Å². The fourth-order valence-corrected chi connectivity index (χ4v) is 3.79. The van der Waals surface area contributed by atoms with E-state index in [0.29, 0.717) is 0 Å². The third-order valence-corrected chi connectivity index (χ3v) is 5.35. The van der Waals surface area contributed by atoms with Crippen molar-refractivity contribution in [2.75, 3.05) is 0 Å². The number of rotatable bonds is 4. The zero-order valence-electron chi connectivity index (χ0n) is 10.9. The van der Waals surface area contributed by atoms with Crippen LogP contribution in [0.5, 0.6) is 0 Å². The van der Waals surface area contributed by atoms with Crippen molar-refractivity contribution >= 4 is 38.6 Å². The van der Waals surface area contributed by atoms with Gasteiger partial charge in [0.2, 0.25) is 0 Å². The maximum atomic E-state index is 12.2. The minimum atomic E-state index is -5.51. The third-order valence-electron chi connectivity index (χ3n) is 2.01. The average molecular weight is 474 g/mol. The van der Waals surface area contributed by atoms with Gasteiger partial charge in [0.25, 0.3) is 0 Å². The Kier molecular flexibility index (Phi) is 6.02. The number of hydrogen-bond donors (Lipinski definition) is 1. The summed E-state index contributed by atoms with van der Waals surface area (Å²) in [5.41, 5.74) is -0.334. The van der Waals surface area contributed by atoms with Crippen LogP contribution in [0.15, 0.2) is 24.3 Å². The summed E-state index contributed by atoms with van der Waals surface area (Å²) in [4.78, 5) is 32.2. The van der Waals surface area contributed by atoms with Crippen molar-refractivity contribution in [1.82, 2.24) is 0 Å². The van der Waals surface area contributed by atoms with E-state index in [1.54, 1.807) is 0 Å². The predicted octanol–water partition coefficient (Wildman–Crippen LogP) is 3.10. The van der Waals surface area contributed by atoms with Crippen molar-refractivity contribution in [2.45, 2.75) is 12.4 Å². The predicted molar refractivity (Wildman–Crippen MR) is 70.4 cm³/mol. The molecule has 0 saturated carbocycles. The Hall–Kier alpha value is -2.06. The van der Waals surface area contributed by atoms with E-state index in [-0.39, 0.29) is 5.56 Å². The second kappa shape index (κ2) is 7.23. The minimum absolute atomic E-state index is 0.334. The summed E-state index contributed by atoms with van der Waals surface area (Å²) < 4.78 is 80.3. The Balaban J connectivity index is 3.10. The van der Waals surface area contributed by atoms with Gasteiger partial charge in [0.15, 0.2) is 0 Å². The van der Waals surface area contributed by atoms with Gasteiger partial charge >= 0.3 is 136 Å². The van der Waals surface area contributed by atoms with Crippen LogP contribution in [0.4, 0.5) is 26.3 Å². The molecular weight excluding hydrogens is 469 g/mol. The van der Waals surface area contributed by atoms with Crippen LogP contribution < -0.4 is 0 Å². The van der Waals surface area contributed by atoms with Crippen molar-refractivity contribution in [2.24, 2.45) is 0 Å². The van der Waals surface area contributed by atoms with E-state index in [1.165, 1.54) is 0 Å². The van der Waals surface area contributed by atoms with Crippen molar-refractivity contribution in [1.29, 1.82) is 0 Å². The van der Waals surface area contributed by atoms with Gasteiger partial charge in [0, 0.05) is 0 Å². The van der Waals surface area contributed by atoms with Crippen molar-refractivity contribution in [3.8, 4) is 0 Å². The molecule has 0 unspecified atom stereocenters. The summed E-state index contributed by atoms with van der Waals surface area (Å²) >= 11 is -4.50. The summed E-state index contributed by atoms with van der Waals surface area (Å²) in [5.74, 6) is -7.07. The molecule has 24 heavy (non-hydrogen) atoms. The van der Waals surface area contributed by atoms with E-state index in [2.05, 4.69) is 6.13 Å². The molecule has 0 aliphatic rings. The van der Waals surface area contributed by atoms with Gasteiger partial charge in [0.05, 0.1) is 0 Å². The summed E-state index contributed by atoms with van der Waals surface area (Å²) in [7, 11) is 0. The molecule has 0 amide bonds. The number of carbonyl (C=O) groups excluding carboxylic acids is 2. The summed E-state index contributed by atoms with van der Waals surface area (Å²) in [5, 5.41) is 8.66. The Labute approximate surface area is 136 Å². The van der Waals surface area contributed by atoms with E-state index in [9.17, 15) is 40.7 Å². The first-order valence-corrected chi connectivity index (χ1v) is 8.29. The summed E-state index contributed by atoms with van der Waals surface area (Å²) in [6.07, 6.45) is -11.0. The molecule has 1 rings (SSSR count). The molecular formula is C11H5F6IO6. The molecule has 1 aromatic carbocycles. The molecule has 0 saturated heterocycles. The van der Waals surface area contributed by atoms with Crippen LogP contribution >= 0.6 is 20.6 Å². The molecule has 0 atom stereocenters. The van der Waals surface area contributed by atoms with Gasteiger partial charge in [-0.05, 0) is 0 Å². The van der Waals surface area contributed by atoms with E-state index >= 15 is 0 Å². The molecule has 0 spiro atoms. The molecule has 0 fully saturated rings. The first-order chi connectivity index (χ1) is 10.8. The number of benzene rings is 1. The Bertz CT molecular complexity index is 610.